The molecule has 0 heterocycles. The van der Waals surface area contributed by atoms with E-state index < -0.39 is 24.1 Å². The van der Waals surface area contributed by atoms with Gasteiger partial charge >= 0.3 is 18.0 Å². The lowest BCUT2D eigenvalue weighted by molar-refractivity contribution is -0.142. The molecule has 0 radical (unpaired) electrons. The van der Waals surface area contributed by atoms with Gasteiger partial charge in [0, 0.05) is 32.4 Å². The van der Waals surface area contributed by atoms with E-state index in [0.717, 1.165) is 38.5 Å². The highest BCUT2D eigenvalue weighted by atomic mass is 16.6. The Hall–Kier alpha value is -2.97. The smallest absolute Gasteiger partial charge is 0.407 e. The van der Waals surface area contributed by atoms with Crippen LogP contribution < -0.4 is 16.0 Å². The molecule has 0 fully saturated rings. The Balaban J connectivity index is 3.68. The third-order valence-corrected chi connectivity index (χ3v) is 7.12. The maximum Gasteiger partial charge on any atom is 0.407 e. The molecule has 46 heavy (non-hydrogen) atoms. The number of carbonyl (C=O) groups excluding carboxylic acids is 3. The van der Waals surface area contributed by atoms with Crippen LogP contribution in [0.25, 0.3) is 0 Å². The van der Waals surface area contributed by atoms with E-state index in [1.807, 2.05) is 0 Å². The molecule has 0 aliphatic carbocycles. The summed E-state index contributed by atoms with van der Waals surface area (Å²) in [6.07, 6.45) is 15.0. The number of aliphatic hydroxyl groups is 1. The van der Waals surface area contributed by atoms with Gasteiger partial charge in [0.2, 0.25) is 11.8 Å². The Kier molecular flexibility index (Phi) is 29.9. The lowest BCUT2D eigenvalue weighted by Gasteiger charge is -2.14. The van der Waals surface area contributed by atoms with Crippen LogP contribution in [0.15, 0.2) is 0 Å². The summed E-state index contributed by atoms with van der Waals surface area (Å²) >= 11 is 0. The Morgan fingerprint density at radius 2 is 1.04 bits per heavy atom. The fourth-order valence-electron chi connectivity index (χ4n) is 4.57. The largest absolute Gasteiger partial charge is 0.481 e. The van der Waals surface area contributed by atoms with Crippen LogP contribution in [-0.4, -0.2) is 104 Å². The molecule has 1 atom stereocenters. The van der Waals surface area contributed by atoms with E-state index >= 15 is 0 Å². The summed E-state index contributed by atoms with van der Waals surface area (Å²) in [5, 5.41) is 34.3. The number of nitrogens with one attached hydrogen (secondary N) is 3. The van der Waals surface area contributed by atoms with E-state index in [2.05, 4.69) is 16.0 Å². The number of aliphatic carboxylic acids is 2. The van der Waals surface area contributed by atoms with Crippen molar-refractivity contribution in [3.63, 3.8) is 0 Å². The van der Waals surface area contributed by atoms with Crippen molar-refractivity contribution < 1.29 is 53.5 Å². The monoisotopic (exact) mass is 661 g/mol. The maximum atomic E-state index is 12.2. The van der Waals surface area contributed by atoms with Gasteiger partial charge in [0.1, 0.15) is 12.6 Å². The predicted molar refractivity (Wildman–Crippen MR) is 171 cm³/mol. The number of carbonyl (C=O) groups is 5. The van der Waals surface area contributed by atoms with Gasteiger partial charge in [-0.1, -0.05) is 77.0 Å². The van der Waals surface area contributed by atoms with Crippen molar-refractivity contribution in [1.29, 1.82) is 0 Å². The fraction of sp³-hybridized carbons (Fsp3) is 0.844. The van der Waals surface area contributed by atoms with Gasteiger partial charge in [-0.3, -0.25) is 14.4 Å². The first-order chi connectivity index (χ1) is 22.3. The molecule has 0 saturated carbocycles. The van der Waals surface area contributed by atoms with Crippen LogP contribution in [0.4, 0.5) is 4.79 Å². The predicted octanol–water partition coefficient (Wildman–Crippen LogP) is 3.53. The van der Waals surface area contributed by atoms with Crippen molar-refractivity contribution in [2.45, 2.75) is 122 Å². The molecule has 0 rings (SSSR count). The summed E-state index contributed by atoms with van der Waals surface area (Å²) in [6, 6.07) is -1.13. The number of carboxylic acids is 2. The minimum Gasteiger partial charge on any atom is -0.481 e. The second-order valence-electron chi connectivity index (χ2n) is 11.2. The van der Waals surface area contributed by atoms with Gasteiger partial charge in [-0.25, -0.2) is 9.59 Å². The number of hydrogen-bond acceptors (Lipinski definition) is 9. The van der Waals surface area contributed by atoms with Crippen molar-refractivity contribution in [1.82, 2.24) is 16.0 Å². The summed E-state index contributed by atoms with van der Waals surface area (Å²) in [4.78, 5) is 57.8. The van der Waals surface area contributed by atoms with Crippen LogP contribution in [0, 0.1) is 0 Å². The molecule has 0 aliphatic rings. The van der Waals surface area contributed by atoms with E-state index in [-0.39, 0.29) is 90.2 Å². The van der Waals surface area contributed by atoms with E-state index in [1.54, 1.807) is 0 Å². The molecular weight excluding hydrogens is 602 g/mol. The summed E-state index contributed by atoms with van der Waals surface area (Å²) in [6.45, 7) is 1.18. The lowest BCUT2D eigenvalue weighted by Crippen LogP contribution is -2.41. The zero-order valence-electron chi connectivity index (χ0n) is 27.6. The average Bonchev–Trinajstić information content (AvgIpc) is 3.01. The summed E-state index contributed by atoms with van der Waals surface area (Å²) < 4.78 is 15.2. The number of aliphatic hydroxyl groups excluding tert-OH is 1. The molecule has 0 aromatic rings. The number of carboxylic acid groups (broad SMARTS) is 2. The molecule has 0 bridgehead atoms. The van der Waals surface area contributed by atoms with Gasteiger partial charge in [-0.15, -0.1) is 0 Å². The molecule has 14 heteroatoms. The second-order valence-corrected chi connectivity index (χ2v) is 11.2. The number of rotatable bonds is 33. The summed E-state index contributed by atoms with van der Waals surface area (Å²) in [5.41, 5.74) is 0. The first kappa shape index (κ1) is 43.0. The standard InChI is InChI=1S/C32H59N3O11/c36-21-24-44-23-20-34-32(43)46-26-25-45-22-19-33-28(37)18-17-27(31(41)42)35-29(38)15-13-11-9-7-5-3-1-2-4-6-8-10-12-14-16-30(39)40/h27,36H,1-26H2,(H,33,37)(H,34,43)(H,35,38)(H,39,40)(H,41,42)/t27-/m0/s1. The Labute approximate surface area is 273 Å². The highest BCUT2D eigenvalue weighted by Gasteiger charge is 2.20. The number of amides is 3. The van der Waals surface area contributed by atoms with Crippen LogP contribution in [-0.2, 0) is 33.4 Å². The number of unbranched alkanes of at least 4 members (excludes halogenated alkanes) is 13. The first-order valence-corrected chi connectivity index (χ1v) is 16.9. The zero-order chi connectivity index (χ0) is 34.1. The lowest BCUT2D eigenvalue weighted by atomic mass is 10.0. The van der Waals surface area contributed by atoms with Crippen LogP contribution in [0.5, 0.6) is 0 Å². The molecular formula is C32H59N3O11. The molecule has 0 unspecified atom stereocenters. The highest BCUT2D eigenvalue weighted by Crippen LogP contribution is 2.14. The van der Waals surface area contributed by atoms with Crippen molar-refractivity contribution in [3.8, 4) is 0 Å². The molecule has 0 aromatic carbocycles. The SMILES string of the molecule is O=C(O)CCCCCCCCCCCCCCCCC(=O)N[C@@H](CCC(=O)NCCOCCOC(=O)NCCOCCO)C(=O)O. The highest BCUT2D eigenvalue weighted by molar-refractivity contribution is 5.84. The number of hydrogen-bond donors (Lipinski definition) is 6. The molecule has 3 amide bonds. The molecule has 268 valence electrons. The third-order valence-electron chi connectivity index (χ3n) is 7.12. The van der Waals surface area contributed by atoms with Gasteiger partial charge in [0.05, 0.1) is 33.0 Å². The Morgan fingerprint density at radius 3 is 1.57 bits per heavy atom. The van der Waals surface area contributed by atoms with Gasteiger partial charge in [0.25, 0.3) is 0 Å². The van der Waals surface area contributed by atoms with E-state index in [9.17, 15) is 29.1 Å². The van der Waals surface area contributed by atoms with Gasteiger partial charge in [0.15, 0.2) is 0 Å². The molecule has 0 spiro atoms. The molecule has 0 saturated heterocycles. The minimum atomic E-state index is -1.18. The van der Waals surface area contributed by atoms with Crippen LogP contribution in [0.3, 0.4) is 0 Å². The van der Waals surface area contributed by atoms with Crippen LogP contribution >= 0.6 is 0 Å². The van der Waals surface area contributed by atoms with Crippen LogP contribution in [0.1, 0.15) is 116 Å². The number of alkyl carbamates (subject to hydrolysis) is 1. The van der Waals surface area contributed by atoms with E-state index in [0.29, 0.717) is 6.42 Å². The van der Waals surface area contributed by atoms with Gasteiger partial charge in [-0.05, 0) is 19.3 Å². The molecule has 14 nitrogen and oxygen atoms in total. The Morgan fingerprint density at radius 1 is 0.543 bits per heavy atom. The van der Waals surface area contributed by atoms with E-state index in [4.69, 9.17) is 24.4 Å². The van der Waals surface area contributed by atoms with Crippen molar-refractivity contribution in [2.24, 2.45) is 0 Å². The topological polar surface area (TPSA) is 210 Å². The zero-order valence-corrected chi connectivity index (χ0v) is 27.6. The van der Waals surface area contributed by atoms with Crippen molar-refractivity contribution in [3.05, 3.63) is 0 Å². The van der Waals surface area contributed by atoms with Crippen molar-refractivity contribution >= 4 is 29.8 Å². The molecule has 0 aromatic heterocycles. The third kappa shape index (κ3) is 31.0. The maximum absolute atomic E-state index is 12.2. The Bertz CT molecular complexity index is 814. The quantitative estimate of drug-likeness (QED) is 0.0560. The average molecular weight is 662 g/mol. The summed E-state index contributed by atoms with van der Waals surface area (Å²) in [5.74, 6) is -2.57. The summed E-state index contributed by atoms with van der Waals surface area (Å²) in [7, 11) is 0. The normalized spacial score (nSPS) is 11.5. The first-order valence-electron chi connectivity index (χ1n) is 16.9. The second kappa shape index (κ2) is 32.0. The molecule has 6 N–H and O–H groups in total. The van der Waals surface area contributed by atoms with Gasteiger partial charge in [-0.2, -0.15) is 0 Å². The fourth-order valence-corrected chi connectivity index (χ4v) is 4.57. The van der Waals surface area contributed by atoms with E-state index in [1.165, 1.54) is 44.9 Å². The molecule has 0 aliphatic heterocycles. The van der Waals surface area contributed by atoms with Gasteiger partial charge < -0.3 is 45.5 Å². The number of ether oxygens (including phenoxy) is 3. The van der Waals surface area contributed by atoms with Crippen molar-refractivity contribution in [2.75, 3.05) is 52.7 Å². The minimum absolute atomic E-state index is 0.0193. The van der Waals surface area contributed by atoms with Crippen LogP contribution in [0.2, 0.25) is 0 Å².